The van der Waals surface area contributed by atoms with Crippen LogP contribution < -0.4 is 10.1 Å². The maximum absolute atomic E-state index is 12.8. The number of rotatable bonds is 8. The molecule has 0 saturated carbocycles. The molecule has 1 aliphatic heterocycles. The Morgan fingerprint density at radius 3 is 2.30 bits per heavy atom. The fraction of sp³-hybridized carbons (Fsp3) is 0.600. The number of likely N-dealkylation sites (N-methyl/N-ethyl adjacent to an activating group) is 2. The summed E-state index contributed by atoms with van der Waals surface area (Å²) in [4.78, 5) is 31.4. The van der Waals surface area contributed by atoms with Crippen LogP contribution in [0.15, 0.2) is 24.3 Å². The molecule has 0 aromatic heterocycles. The number of hydrogen-bond donors (Lipinski definition) is 1. The highest BCUT2D eigenvalue weighted by atomic mass is 16.5. The Hall–Kier alpha value is -2.12. The van der Waals surface area contributed by atoms with Crippen LogP contribution in [0, 0.1) is 0 Å². The normalized spacial score (nSPS) is 16.3. The Balaban J connectivity index is 1.88. The first-order valence-corrected chi connectivity index (χ1v) is 9.67. The highest BCUT2D eigenvalue weighted by Gasteiger charge is 2.28. The van der Waals surface area contributed by atoms with Crippen molar-refractivity contribution < 1.29 is 14.3 Å². The molecule has 1 N–H and O–H groups in total. The molecule has 1 heterocycles. The fourth-order valence-corrected chi connectivity index (χ4v) is 3.29. The van der Waals surface area contributed by atoms with E-state index in [2.05, 4.69) is 17.1 Å². The predicted octanol–water partition coefficient (Wildman–Crippen LogP) is 1.51. The van der Waals surface area contributed by atoms with Crippen LogP contribution in [-0.2, 0) is 9.59 Å². The first-order chi connectivity index (χ1) is 13.0. The Labute approximate surface area is 162 Å². The number of amides is 2. The molecule has 1 saturated heterocycles. The number of benzene rings is 1. The van der Waals surface area contributed by atoms with E-state index >= 15 is 0 Å². The van der Waals surface area contributed by atoms with Crippen LogP contribution in [0.4, 0.5) is 5.69 Å². The summed E-state index contributed by atoms with van der Waals surface area (Å²) in [6.45, 7) is 11.2. The third kappa shape index (κ3) is 5.94. The zero-order valence-electron chi connectivity index (χ0n) is 16.9. The molecule has 1 fully saturated rings. The van der Waals surface area contributed by atoms with Gasteiger partial charge in [-0.05, 0) is 44.3 Å². The molecule has 7 heteroatoms. The first-order valence-electron chi connectivity index (χ1n) is 9.67. The number of nitrogens with one attached hydrogen (secondary N) is 1. The topological polar surface area (TPSA) is 65.1 Å². The number of piperazine rings is 1. The molecule has 27 heavy (non-hydrogen) atoms. The van der Waals surface area contributed by atoms with Gasteiger partial charge in [-0.1, -0.05) is 13.8 Å². The van der Waals surface area contributed by atoms with Crippen molar-refractivity contribution in [2.45, 2.75) is 26.8 Å². The highest BCUT2D eigenvalue weighted by molar-refractivity contribution is 5.93. The van der Waals surface area contributed by atoms with Gasteiger partial charge < -0.3 is 19.9 Å². The second-order valence-electron chi connectivity index (χ2n) is 6.78. The van der Waals surface area contributed by atoms with Gasteiger partial charge in [0.1, 0.15) is 5.75 Å². The highest BCUT2D eigenvalue weighted by Crippen LogP contribution is 2.15. The third-order valence-electron chi connectivity index (χ3n) is 5.16. The average molecular weight is 377 g/mol. The van der Waals surface area contributed by atoms with Crippen LogP contribution in [-0.4, -0.2) is 85.5 Å². The number of nitrogens with zero attached hydrogens (tertiary/aromatic N) is 3. The largest absolute Gasteiger partial charge is 0.497 e. The van der Waals surface area contributed by atoms with Crippen LogP contribution in [0.2, 0.25) is 0 Å². The van der Waals surface area contributed by atoms with Crippen LogP contribution >= 0.6 is 0 Å². The van der Waals surface area contributed by atoms with Crippen LogP contribution in [0.25, 0.3) is 0 Å². The lowest BCUT2D eigenvalue weighted by Crippen LogP contribution is -2.54. The Morgan fingerprint density at radius 1 is 1.15 bits per heavy atom. The molecule has 1 aliphatic rings. The molecular weight excluding hydrogens is 344 g/mol. The van der Waals surface area contributed by atoms with Crippen molar-refractivity contribution in [2.24, 2.45) is 0 Å². The van der Waals surface area contributed by atoms with E-state index in [4.69, 9.17) is 4.74 Å². The van der Waals surface area contributed by atoms with Crippen LogP contribution in [0.1, 0.15) is 20.8 Å². The van der Waals surface area contributed by atoms with Gasteiger partial charge in [-0.3, -0.25) is 14.5 Å². The smallest absolute Gasteiger partial charge is 0.239 e. The van der Waals surface area contributed by atoms with E-state index in [1.54, 1.807) is 31.4 Å². The Bertz CT molecular complexity index is 612. The van der Waals surface area contributed by atoms with E-state index in [-0.39, 0.29) is 24.4 Å². The minimum atomic E-state index is -0.315. The van der Waals surface area contributed by atoms with Gasteiger partial charge in [-0.15, -0.1) is 0 Å². The number of ether oxygens (including phenoxy) is 1. The fourth-order valence-electron chi connectivity index (χ4n) is 3.29. The number of hydrogen-bond acceptors (Lipinski definition) is 5. The molecule has 2 rings (SSSR count). The van der Waals surface area contributed by atoms with Gasteiger partial charge >= 0.3 is 0 Å². The summed E-state index contributed by atoms with van der Waals surface area (Å²) >= 11 is 0. The van der Waals surface area contributed by atoms with Crippen molar-refractivity contribution in [3.05, 3.63) is 24.3 Å². The SMILES string of the molecule is CCN1CCN(C(=O)C(C)N(CC)CC(=O)Nc2ccc(OC)cc2)CC1. The maximum Gasteiger partial charge on any atom is 0.239 e. The zero-order valence-corrected chi connectivity index (χ0v) is 16.9. The van der Waals surface area contributed by atoms with Gasteiger partial charge in [-0.25, -0.2) is 0 Å². The van der Waals surface area contributed by atoms with Crippen molar-refractivity contribution >= 4 is 17.5 Å². The van der Waals surface area contributed by atoms with Gasteiger partial charge in [0, 0.05) is 31.9 Å². The van der Waals surface area contributed by atoms with Crippen molar-refractivity contribution in [1.29, 1.82) is 0 Å². The number of carbonyl (C=O) groups is 2. The average Bonchev–Trinajstić information content (AvgIpc) is 2.71. The molecule has 0 spiro atoms. The summed E-state index contributed by atoms with van der Waals surface area (Å²) < 4.78 is 5.12. The summed E-state index contributed by atoms with van der Waals surface area (Å²) in [5.74, 6) is 0.716. The summed E-state index contributed by atoms with van der Waals surface area (Å²) in [6, 6.07) is 6.89. The van der Waals surface area contributed by atoms with E-state index in [0.717, 1.165) is 38.5 Å². The zero-order chi connectivity index (χ0) is 19.8. The van der Waals surface area contributed by atoms with Crippen molar-refractivity contribution in [1.82, 2.24) is 14.7 Å². The molecule has 1 atom stereocenters. The molecule has 150 valence electrons. The molecule has 1 unspecified atom stereocenters. The molecule has 0 radical (unpaired) electrons. The van der Waals surface area contributed by atoms with Gasteiger partial charge in [0.05, 0.1) is 19.7 Å². The summed E-state index contributed by atoms with van der Waals surface area (Å²) in [5.41, 5.74) is 0.714. The lowest BCUT2D eigenvalue weighted by atomic mass is 10.2. The number of methoxy groups -OCH3 is 1. The van der Waals surface area contributed by atoms with Gasteiger partial charge in [0.25, 0.3) is 0 Å². The monoisotopic (exact) mass is 376 g/mol. The number of anilines is 1. The van der Waals surface area contributed by atoms with E-state index in [1.807, 2.05) is 23.6 Å². The molecule has 0 aliphatic carbocycles. The summed E-state index contributed by atoms with van der Waals surface area (Å²) in [5, 5.41) is 2.88. The van der Waals surface area contributed by atoms with Crippen molar-refractivity contribution in [2.75, 3.05) is 58.2 Å². The van der Waals surface area contributed by atoms with E-state index < -0.39 is 0 Å². The minimum Gasteiger partial charge on any atom is -0.497 e. The maximum atomic E-state index is 12.8. The van der Waals surface area contributed by atoms with Crippen molar-refractivity contribution in [3.8, 4) is 5.75 Å². The lowest BCUT2D eigenvalue weighted by Gasteiger charge is -2.37. The molecule has 1 aromatic rings. The Kier molecular flexibility index (Phi) is 8.06. The van der Waals surface area contributed by atoms with Crippen LogP contribution in [0.3, 0.4) is 0 Å². The summed E-state index contributed by atoms with van der Waals surface area (Å²) in [6.07, 6.45) is 0. The Morgan fingerprint density at radius 2 is 1.78 bits per heavy atom. The van der Waals surface area contributed by atoms with E-state index in [9.17, 15) is 9.59 Å². The molecule has 2 amide bonds. The molecule has 1 aromatic carbocycles. The summed E-state index contributed by atoms with van der Waals surface area (Å²) in [7, 11) is 1.60. The second kappa shape index (κ2) is 10.3. The predicted molar refractivity (Wildman–Crippen MR) is 107 cm³/mol. The minimum absolute atomic E-state index is 0.102. The van der Waals surface area contributed by atoms with E-state index in [0.29, 0.717) is 12.2 Å². The van der Waals surface area contributed by atoms with Crippen LogP contribution in [0.5, 0.6) is 5.75 Å². The first kappa shape index (κ1) is 21.2. The third-order valence-corrected chi connectivity index (χ3v) is 5.16. The van der Waals surface area contributed by atoms with Crippen molar-refractivity contribution in [3.63, 3.8) is 0 Å². The quantitative estimate of drug-likeness (QED) is 0.745. The molecule has 0 bridgehead atoms. The van der Waals surface area contributed by atoms with Gasteiger partial charge in [0.15, 0.2) is 0 Å². The molecule has 7 nitrogen and oxygen atoms in total. The lowest BCUT2D eigenvalue weighted by molar-refractivity contribution is -0.138. The van der Waals surface area contributed by atoms with Gasteiger partial charge in [-0.2, -0.15) is 0 Å². The standard InChI is InChI=1S/C20H32N4O3/c1-5-22-11-13-24(14-12-22)20(26)16(3)23(6-2)15-19(25)21-17-7-9-18(27-4)10-8-17/h7-10,16H,5-6,11-15H2,1-4H3,(H,21,25). The second-order valence-corrected chi connectivity index (χ2v) is 6.78. The van der Waals surface area contributed by atoms with E-state index in [1.165, 1.54) is 0 Å². The molecular formula is C20H32N4O3. The number of carbonyl (C=O) groups excluding carboxylic acids is 2. The van der Waals surface area contributed by atoms with Gasteiger partial charge in [0.2, 0.25) is 11.8 Å².